The van der Waals surface area contributed by atoms with Crippen LogP contribution in [-0.2, 0) is 4.79 Å². The Bertz CT molecular complexity index is 433. The van der Waals surface area contributed by atoms with Gasteiger partial charge in [-0.25, -0.2) is 0 Å². The van der Waals surface area contributed by atoms with E-state index in [1.54, 1.807) is 36.1 Å². The molecule has 19 heavy (non-hydrogen) atoms. The number of amides is 1. The zero-order valence-electron chi connectivity index (χ0n) is 12.0. The van der Waals surface area contributed by atoms with E-state index in [0.717, 1.165) is 0 Å². The van der Waals surface area contributed by atoms with Crippen molar-refractivity contribution in [3.8, 4) is 5.88 Å². The summed E-state index contributed by atoms with van der Waals surface area (Å²) in [6.45, 7) is 5.56. The highest BCUT2D eigenvalue weighted by atomic mass is 16.5. The van der Waals surface area contributed by atoms with Crippen LogP contribution in [0.2, 0.25) is 0 Å². The van der Waals surface area contributed by atoms with Crippen LogP contribution in [0.4, 0.5) is 11.5 Å². The molecule has 0 bridgehead atoms. The van der Waals surface area contributed by atoms with E-state index in [1.165, 1.54) is 0 Å². The summed E-state index contributed by atoms with van der Waals surface area (Å²) < 4.78 is 5.07. The molecule has 0 atom stereocenters. The molecule has 1 aromatic heterocycles. The summed E-state index contributed by atoms with van der Waals surface area (Å²) in [4.78, 5) is 19.8. The number of methoxy groups -OCH3 is 1. The minimum Gasteiger partial charge on any atom is -0.481 e. The molecule has 0 aromatic carbocycles. The van der Waals surface area contributed by atoms with E-state index in [1.807, 2.05) is 13.8 Å². The maximum Gasteiger partial charge on any atom is 0.242 e. The molecule has 0 saturated carbocycles. The summed E-state index contributed by atoms with van der Waals surface area (Å²) in [5.41, 5.74) is 6.40. The zero-order chi connectivity index (χ0) is 14.4. The van der Waals surface area contributed by atoms with Crippen LogP contribution in [0.3, 0.4) is 0 Å². The van der Waals surface area contributed by atoms with Gasteiger partial charge in [-0.3, -0.25) is 4.79 Å². The number of rotatable bonds is 6. The first-order valence-corrected chi connectivity index (χ1v) is 6.32. The smallest absolute Gasteiger partial charge is 0.242 e. The molecule has 0 spiro atoms. The Morgan fingerprint density at radius 1 is 1.37 bits per heavy atom. The van der Waals surface area contributed by atoms with Crippen molar-refractivity contribution in [2.24, 2.45) is 0 Å². The molecular weight excluding hydrogens is 244 g/mol. The van der Waals surface area contributed by atoms with Crippen molar-refractivity contribution < 1.29 is 9.53 Å². The van der Waals surface area contributed by atoms with E-state index in [-0.39, 0.29) is 12.5 Å². The van der Waals surface area contributed by atoms with Crippen molar-refractivity contribution in [3.63, 3.8) is 0 Å². The van der Waals surface area contributed by atoms with Gasteiger partial charge in [-0.2, -0.15) is 4.98 Å². The number of likely N-dealkylation sites (N-methyl/N-ethyl adjacent to an activating group) is 2. The number of carbonyl (C=O) groups is 1. The number of nitrogens with zero attached hydrogens (tertiary/aromatic N) is 3. The second-order valence-corrected chi connectivity index (χ2v) is 4.19. The Kier molecular flexibility index (Phi) is 5.41. The van der Waals surface area contributed by atoms with Gasteiger partial charge in [0.2, 0.25) is 11.8 Å². The summed E-state index contributed by atoms with van der Waals surface area (Å²) in [7, 11) is 3.34. The van der Waals surface area contributed by atoms with Gasteiger partial charge in [0.1, 0.15) is 0 Å². The lowest BCUT2D eigenvalue weighted by atomic mass is 10.3. The van der Waals surface area contributed by atoms with Crippen molar-refractivity contribution in [1.29, 1.82) is 0 Å². The SMILES string of the molecule is CCN(CC)C(=O)CN(C)c1nc(OC)ccc1N. The lowest BCUT2D eigenvalue weighted by molar-refractivity contribution is -0.129. The predicted molar refractivity (Wildman–Crippen MR) is 76.4 cm³/mol. The molecule has 6 heteroatoms. The van der Waals surface area contributed by atoms with Gasteiger partial charge >= 0.3 is 0 Å². The molecule has 1 amide bonds. The first kappa shape index (κ1) is 15.1. The summed E-state index contributed by atoms with van der Waals surface area (Å²) in [5, 5.41) is 0. The van der Waals surface area contributed by atoms with Gasteiger partial charge in [0, 0.05) is 26.2 Å². The fourth-order valence-corrected chi connectivity index (χ4v) is 1.82. The third-order valence-corrected chi connectivity index (χ3v) is 2.94. The van der Waals surface area contributed by atoms with Crippen molar-refractivity contribution in [2.75, 3.05) is 44.4 Å². The number of carbonyl (C=O) groups excluding carboxylic acids is 1. The molecule has 1 rings (SSSR count). The van der Waals surface area contributed by atoms with Gasteiger partial charge in [0.25, 0.3) is 0 Å². The number of ether oxygens (including phenoxy) is 1. The van der Waals surface area contributed by atoms with Crippen LogP contribution in [0, 0.1) is 0 Å². The molecule has 0 aliphatic heterocycles. The van der Waals surface area contributed by atoms with Crippen LogP contribution < -0.4 is 15.4 Å². The largest absolute Gasteiger partial charge is 0.481 e. The first-order valence-electron chi connectivity index (χ1n) is 6.32. The maximum atomic E-state index is 12.0. The molecule has 0 aliphatic rings. The standard InChI is InChI=1S/C13H22N4O2/c1-5-17(6-2)12(18)9-16(3)13-10(14)7-8-11(15-13)19-4/h7-8H,5-6,9,14H2,1-4H3. The summed E-state index contributed by atoms with van der Waals surface area (Å²) in [5.74, 6) is 1.09. The van der Waals surface area contributed by atoms with E-state index < -0.39 is 0 Å². The molecule has 0 saturated heterocycles. The number of anilines is 2. The topological polar surface area (TPSA) is 71.7 Å². The number of hydrogen-bond acceptors (Lipinski definition) is 5. The van der Waals surface area contributed by atoms with Crippen LogP contribution in [0.15, 0.2) is 12.1 Å². The molecule has 1 heterocycles. The average molecular weight is 266 g/mol. The van der Waals surface area contributed by atoms with E-state index in [9.17, 15) is 4.79 Å². The monoisotopic (exact) mass is 266 g/mol. The van der Waals surface area contributed by atoms with E-state index >= 15 is 0 Å². The average Bonchev–Trinajstić information content (AvgIpc) is 2.40. The minimum atomic E-state index is 0.0523. The number of pyridine rings is 1. The number of aromatic nitrogens is 1. The van der Waals surface area contributed by atoms with Gasteiger partial charge in [-0.05, 0) is 19.9 Å². The van der Waals surface area contributed by atoms with Crippen molar-refractivity contribution >= 4 is 17.4 Å². The summed E-state index contributed by atoms with van der Waals surface area (Å²) in [6, 6.07) is 3.42. The third kappa shape index (κ3) is 3.74. The molecule has 6 nitrogen and oxygen atoms in total. The van der Waals surface area contributed by atoms with E-state index in [0.29, 0.717) is 30.5 Å². The first-order chi connectivity index (χ1) is 9.03. The molecule has 106 valence electrons. The molecule has 0 radical (unpaired) electrons. The van der Waals surface area contributed by atoms with Crippen LogP contribution in [0.25, 0.3) is 0 Å². The molecular formula is C13H22N4O2. The number of nitrogens with two attached hydrogens (primary N) is 1. The second kappa shape index (κ2) is 6.82. The number of hydrogen-bond donors (Lipinski definition) is 1. The van der Waals surface area contributed by atoms with Crippen LogP contribution >= 0.6 is 0 Å². The minimum absolute atomic E-state index is 0.0523. The molecule has 0 unspecified atom stereocenters. The highest BCUT2D eigenvalue weighted by Crippen LogP contribution is 2.22. The van der Waals surface area contributed by atoms with Gasteiger partial charge in [-0.1, -0.05) is 0 Å². The summed E-state index contributed by atoms with van der Waals surface area (Å²) in [6.07, 6.45) is 0. The quantitative estimate of drug-likeness (QED) is 0.831. The van der Waals surface area contributed by atoms with Crippen LogP contribution in [0.1, 0.15) is 13.8 Å². The zero-order valence-corrected chi connectivity index (χ0v) is 12.0. The Labute approximate surface area is 114 Å². The van der Waals surface area contributed by atoms with Crippen molar-refractivity contribution in [3.05, 3.63) is 12.1 Å². The third-order valence-electron chi connectivity index (χ3n) is 2.94. The second-order valence-electron chi connectivity index (χ2n) is 4.19. The summed E-state index contributed by atoms with van der Waals surface area (Å²) >= 11 is 0. The fraction of sp³-hybridized carbons (Fsp3) is 0.538. The van der Waals surface area contributed by atoms with Crippen LogP contribution in [0.5, 0.6) is 5.88 Å². The Morgan fingerprint density at radius 2 is 2.00 bits per heavy atom. The van der Waals surface area contributed by atoms with E-state index in [4.69, 9.17) is 10.5 Å². The Hall–Kier alpha value is -1.98. The lowest BCUT2D eigenvalue weighted by Crippen LogP contribution is -2.39. The fourth-order valence-electron chi connectivity index (χ4n) is 1.82. The van der Waals surface area contributed by atoms with E-state index in [2.05, 4.69) is 4.98 Å². The van der Waals surface area contributed by atoms with Gasteiger partial charge in [0.05, 0.1) is 19.3 Å². The molecule has 0 aliphatic carbocycles. The lowest BCUT2D eigenvalue weighted by Gasteiger charge is -2.24. The van der Waals surface area contributed by atoms with Crippen LogP contribution in [-0.4, -0.2) is 49.6 Å². The molecule has 2 N–H and O–H groups in total. The predicted octanol–water partition coefficient (Wildman–Crippen LogP) is 0.977. The normalized spacial score (nSPS) is 10.1. The van der Waals surface area contributed by atoms with Crippen molar-refractivity contribution in [2.45, 2.75) is 13.8 Å². The van der Waals surface area contributed by atoms with Gasteiger partial charge < -0.3 is 20.3 Å². The highest BCUT2D eigenvalue weighted by Gasteiger charge is 2.15. The highest BCUT2D eigenvalue weighted by molar-refractivity contribution is 5.82. The Morgan fingerprint density at radius 3 is 2.53 bits per heavy atom. The molecule has 1 aromatic rings. The van der Waals surface area contributed by atoms with Gasteiger partial charge in [0.15, 0.2) is 5.82 Å². The maximum absolute atomic E-state index is 12.0. The Balaban J connectivity index is 2.83. The number of nitrogen functional groups attached to an aromatic ring is 1. The van der Waals surface area contributed by atoms with Crippen molar-refractivity contribution in [1.82, 2.24) is 9.88 Å². The molecule has 0 fully saturated rings. The van der Waals surface area contributed by atoms with Gasteiger partial charge in [-0.15, -0.1) is 0 Å².